The molecule has 0 saturated heterocycles. The van der Waals surface area contributed by atoms with E-state index in [1.165, 1.54) is 38.9 Å². The number of hydrogen-bond donors (Lipinski definition) is 0. The van der Waals surface area contributed by atoms with Crippen molar-refractivity contribution < 1.29 is 0 Å². The number of rotatable bonds is 6. The summed E-state index contributed by atoms with van der Waals surface area (Å²) in [4.78, 5) is 4.93. The van der Waals surface area contributed by atoms with Gasteiger partial charge >= 0.3 is 0 Å². The Morgan fingerprint density at radius 2 is 1.25 bits per heavy atom. The molecule has 0 unspecified atom stereocenters. The highest BCUT2D eigenvalue weighted by Crippen LogP contribution is 2.31. The Bertz CT molecular complexity index is 1260. The Hall–Kier alpha value is -3.71. The quantitative estimate of drug-likeness (QED) is 0.280. The second kappa shape index (κ2) is 9.62. The summed E-state index contributed by atoms with van der Waals surface area (Å²) >= 11 is 0. The van der Waals surface area contributed by atoms with Gasteiger partial charge in [0.2, 0.25) is 0 Å². The zero-order valence-electron chi connectivity index (χ0n) is 19.1. The van der Waals surface area contributed by atoms with Crippen LogP contribution in [0.4, 0.5) is 0 Å². The summed E-state index contributed by atoms with van der Waals surface area (Å²) in [5.41, 5.74) is 11.9. The fourth-order valence-corrected chi connectivity index (χ4v) is 3.96. The number of aliphatic imine (C=N–C) groups is 1. The third-order valence-corrected chi connectivity index (χ3v) is 5.87. The van der Waals surface area contributed by atoms with Crippen LogP contribution in [0, 0.1) is 6.92 Å². The van der Waals surface area contributed by atoms with Gasteiger partial charge in [0.05, 0.1) is 6.54 Å². The number of nitrogens with zero attached hydrogens (tertiary/aromatic N) is 1. The second-order valence-corrected chi connectivity index (χ2v) is 8.33. The van der Waals surface area contributed by atoms with E-state index in [4.69, 9.17) is 4.99 Å². The maximum Gasteiger partial charge on any atom is 0.0649 e. The van der Waals surface area contributed by atoms with Crippen LogP contribution >= 0.6 is 0 Å². The molecule has 0 aromatic heterocycles. The fraction of sp³-hybridized carbons (Fsp3) is 0.129. The zero-order chi connectivity index (χ0) is 22.5. The molecule has 0 atom stereocenters. The number of benzene rings is 4. The Kier molecular flexibility index (Phi) is 6.47. The van der Waals surface area contributed by atoms with E-state index in [9.17, 15) is 0 Å². The highest BCUT2D eigenvalue weighted by atomic mass is 14.7. The van der Waals surface area contributed by atoms with E-state index >= 15 is 0 Å². The van der Waals surface area contributed by atoms with Crippen molar-refractivity contribution in [3.63, 3.8) is 0 Å². The molecule has 0 amide bonds. The zero-order valence-corrected chi connectivity index (χ0v) is 19.1. The first-order chi connectivity index (χ1) is 15.5. The average Bonchev–Trinajstić information content (AvgIpc) is 2.83. The average molecular weight is 416 g/mol. The van der Waals surface area contributed by atoms with Crippen LogP contribution in [0.5, 0.6) is 0 Å². The van der Waals surface area contributed by atoms with E-state index < -0.39 is 0 Å². The van der Waals surface area contributed by atoms with Gasteiger partial charge in [-0.25, -0.2) is 0 Å². The summed E-state index contributed by atoms with van der Waals surface area (Å²) < 4.78 is 0. The van der Waals surface area contributed by atoms with Crippen LogP contribution in [0.1, 0.15) is 36.1 Å². The van der Waals surface area contributed by atoms with Crippen LogP contribution < -0.4 is 0 Å². The normalized spacial score (nSPS) is 11.4. The Morgan fingerprint density at radius 3 is 1.91 bits per heavy atom. The molecule has 1 nitrogen and oxygen atoms in total. The predicted molar refractivity (Wildman–Crippen MR) is 139 cm³/mol. The van der Waals surface area contributed by atoms with Crippen molar-refractivity contribution in [3.8, 4) is 22.3 Å². The third kappa shape index (κ3) is 4.78. The molecule has 1 heteroatoms. The topological polar surface area (TPSA) is 12.4 Å². The third-order valence-electron chi connectivity index (χ3n) is 5.87. The van der Waals surface area contributed by atoms with Crippen LogP contribution in [0.25, 0.3) is 27.8 Å². The Morgan fingerprint density at radius 1 is 0.688 bits per heavy atom. The van der Waals surface area contributed by atoms with Gasteiger partial charge in [-0.15, -0.1) is 0 Å². The van der Waals surface area contributed by atoms with Crippen LogP contribution in [-0.4, -0.2) is 5.71 Å². The van der Waals surface area contributed by atoms with E-state index in [1.54, 1.807) is 0 Å². The van der Waals surface area contributed by atoms with Gasteiger partial charge in [0.15, 0.2) is 0 Å². The van der Waals surface area contributed by atoms with Crippen molar-refractivity contribution in [2.45, 2.75) is 27.3 Å². The molecule has 32 heavy (non-hydrogen) atoms. The molecule has 4 aromatic carbocycles. The molecule has 0 aliphatic heterocycles. The number of allylic oxidation sites excluding steroid dienone is 1. The predicted octanol–water partition coefficient (Wildman–Crippen LogP) is 8.37. The maximum atomic E-state index is 4.93. The lowest BCUT2D eigenvalue weighted by Gasteiger charge is -2.13. The van der Waals surface area contributed by atoms with E-state index in [2.05, 4.69) is 124 Å². The van der Waals surface area contributed by atoms with E-state index in [1.807, 2.05) is 0 Å². The van der Waals surface area contributed by atoms with Gasteiger partial charge in [0.1, 0.15) is 0 Å². The van der Waals surface area contributed by atoms with Gasteiger partial charge in [0, 0.05) is 5.71 Å². The monoisotopic (exact) mass is 415 g/mol. The van der Waals surface area contributed by atoms with Crippen LogP contribution in [0.2, 0.25) is 0 Å². The van der Waals surface area contributed by atoms with Crippen LogP contribution in [-0.2, 0) is 6.54 Å². The van der Waals surface area contributed by atoms with E-state index in [0.717, 1.165) is 16.8 Å². The number of aryl methyl sites for hydroxylation is 1. The SMILES string of the molecule is C=C(C)c1ccccc1-c1ccccc1CN=C(C)c1ccc(-c2ccc(C)cc2)cc1. The molecule has 0 heterocycles. The molecular formula is C31H29N. The first-order valence-corrected chi connectivity index (χ1v) is 11.0. The molecule has 0 aliphatic carbocycles. The molecule has 0 aliphatic rings. The van der Waals surface area contributed by atoms with Gasteiger partial charge in [-0.3, -0.25) is 4.99 Å². The molecule has 0 bridgehead atoms. The summed E-state index contributed by atoms with van der Waals surface area (Å²) in [6, 6.07) is 34.3. The summed E-state index contributed by atoms with van der Waals surface area (Å²) in [5.74, 6) is 0. The van der Waals surface area contributed by atoms with Gasteiger partial charge < -0.3 is 0 Å². The lowest BCUT2D eigenvalue weighted by molar-refractivity contribution is 1.07. The van der Waals surface area contributed by atoms with Crippen LogP contribution in [0.15, 0.2) is 109 Å². The second-order valence-electron chi connectivity index (χ2n) is 8.33. The van der Waals surface area contributed by atoms with E-state index in [-0.39, 0.29) is 0 Å². The minimum absolute atomic E-state index is 0.645. The minimum atomic E-state index is 0.645. The molecular weight excluding hydrogens is 386 g/mol. The number of hydrogen-bond acceptors (Lipinski definition) is 1. The Labute approximate surface area is 191 Å². The van der Waals surface area contributed by atoms with Crippen molar-refractivity contribution >= 4 is 11.3 Å². The molecule has 0 fully saturated rings. The smallest absolute Gasteiger partial charge is 0.0649 e. The minimum Gasteiger partial charge on any atom is -0.285 e. The highest BCUT2D eigenvalue weighted by molar-refractivity contribution is 5.99. The molecule has 0 radical (unpaired) electrons. The fourth-order valence-electron chi connectivity index (χ4n) is 3.96. The maximum absolute atomic E-state index is 4.93. The van der Waals surface area contributed by atoms with Crippen molar-refractivity contribution in [1.29, 1.82) is 0 Å². The van der Waals surface area contributed by atoms with Gasteiger partial charge in [-0.1, -0.05) is 115 Å². The standard InChI is InChI=1S/C31H29N/c1-22(2)29-10-7-8-12-31(29)30-11-6-5-9-28(30)21-32-24(4)25-17-19-27(20-18-25)26-15-13-23(3)14-16-26/h5-20H,1,21H2,2-4H3. The van der Waals surface area contributed by atoms with Gasteiger partial charge in [0.25, 0.3) is 0 Å². The summed E-state index contributed by atoms with van der Waals surface area (Å²) in [6.07, 6.45) is 0. The summed E-state index contributed by atoms with van der Waals surface area (Å²) in [7, 11) is 0. The first kappa shape index (κ1) is 21.5. The molecule has 0 spiro atoms. The molecule has 4 aromatic rings. The Balaban J connectivity index is 1.58. The van der Waals surface area contributed by atoms with Gasteiger partial charge in [-0.05, 0) is 59.7 Å². The van der Waals surface area contributed by atoms with Gasteiger partial charge in [-0.2, -0.15) is 0 Å². The molecule has 4 rings (SSSR count). The lowest BCUT2D eigenvalue weighted by Crippen LogP contribution is -1.97. The van der Waals surface area contributed by atoms with Crippen molar-refractivity contribution in [1.82, 2.24) is 0 Å². The molecule has 0 N–H and O–H groups in total. The summed E-state index contributed by atoms with van der Waals surface area (Å²) in [5, 5.41) is 0. The van der Waals surface area contributed by atoms with E-state index in [0.29, 0.717) is 6.54 Å². The molecule has 158 valence electrons. The largest absolute Gasteiger partial charge is 0.285 e. The highest BCUT2D eigenvalue weighted by Gasteiger charge is 2.09. The van der Waals surface area contributed by atoms with Crippen molar-refractivity contribution in [2.75, 3.05) is 0 Å². The van der Waals surface area contributed by atoms with Crippen LogP contribution in [0.3, 0.4) is 0 Å². The lowest BCUT2D eigenvalue weighted by atomic mass is 9.93. The van der Waals surface area contributed by atoms with Crippen molar-refractivity contribution in [3.05, 3.63) is 126 Å². The van der Waals surface area contributed by atoms with Crippen molar-refractivity contribution in [2.24, 2.45) is 4.99 Å². The summed E-state index contributed by atoms with van der Waals surface area (Å²) in [6.45, 7) is 11.1. The first-order valence-electron chi connectivity index (χ1n) is 11.0. The molecule has 0 saturated carbocycles.